The topological polar surface area (TPSA) is 9.86 Å². The summed E-state index contributed by atoms with van der Waals surface area (Å²) in [7, 11) is 0. The van der Waals surface area contributed by atoms with Crippen LogP contribution in [0.3, 0.4) is 0 Å². The second-order valence-corrected chi connectivity index (χ2v) is 14.7. The first-order chi connectivity index (χ1) is 24.8. The third-order valence-corrected chi connectivity index (χ3v) is 11.9. The Labute approximate surface area is 292 Å². The number of hydrogen-bond acceptors (Lipinski definition) is 0. The van der Waals surface area contributed by atoms with E-state index in [1.165, 1.54) is 101 Å². The summed E-state index contributed by atoms with van der Waals surface area (Å²) < 4.78 is 5.09. The predicted molar refractivity (Wildman–Crippen MR) is 212 cm³/mol. The highest BCUT2D eigenvalue weighted by atomic mass is 15.0. The zero-order valence-electron chi connectivity index (χ0n) is 28.1. The van der Waals surface area contributed by atoms with Crippen molar-refractivity contribution in [3.63, 3.8) is 0 Å². The molecular formula is C48H38N2. The minimum Gasteiger partial charge on any atom is -0.313 e. The van der Waals surface area contributed by atoms with Gasteiger partial charge in [-0.15, -0.1) is 0 Å². The Morgan fingerprint density at radius 3 is 2.28 bits per heavy atom. The van der Waals surface area contributed by atoms with Crippen LogP contribution in [0.25, 0.3) is 73.1 Å². The Balaban J connectivity index is 1.07. The number of rotatable bonds is 3. The summed E-state index contributed by atoms with van der Waals surface area (Å²) in [5, 5.41) is 9.38. The van der Waals surface area contributed by atoms with Crippen LogP contribution in [0.15, 0.2) is 133 Å². The number of benzene rings is 5. The number of allylic oxidation sites excluding steroid dienone is 7. The fraction of sp³-hybridized carbons (Fsp3) is 0.167. The maximum absolute atomic E-state index is 2.56. The SMILES string of the molecule is C1=Cc2c(cc(-n3c4c(c5ccccc53)=CC(c3ccc5c(c3)c3ccccc3n5C3=CC=C5C=CCCC5C3)CC=4)c3ccccc23)CC1. The van der Waals surface area contributed by atoms with Gasteiger partial charge < -0.3 is 9.13 Å². The van der Waals surface area contributed by atoms with Crippen molar-refractivity contribution in [3.8, 4) is 5.69 Å². The molecule has 0 saturated carbocycles. The van der Waals surface area contributed by atoms with Gasteiger partial charge in [0.05, 0.1) is 22.2 Å². The summed E-state index contributed by atoms with van der Waals surface area (Å²) in [4.78, 5) is 0. The van der Waals surface area contributed by atoms with Gasteiger partial charge in [-0.3, -0.25) is 0 Å². The molecule has 5 aromatic carbocycles. The summed E-state index contributed by atoms with van der Waals surface area (Å²) in [6.45, 7) is 0. The van der Waals surface area contributed by atoms with Crippen LogP contribution in [-0.4, -0.2) is 9.13 Å². The minimum atomic E-state index is 0.312. The molecule has 0 radical (unpaired) electrons. The Bertz CT molecular complexity index is 2830. The lowest BCUT2D eigenvalue weighted by Gasteiger charge is -2.27. The van der Waals surface area contributed by atoms with Crippen LogP contribution in [0.5, 0.6) is 0 Å². The Kier molecular flexibility index (Phi) is 6.19. The number of aromatic nitrogens is 2. The quantitative estimate of drug-likeness (QED) is 0.182. The molecule has 7 aromatic rings. The van der Waals surface area contributed by atoms with Gasteiger partial charge in [0.2, 0.25) is 0 Å². The van der Waals surface area contributed by atoms with Crippen LogP contribution in [-0.2, 0) is 6.42 Å². The van der Waals surface area contributed by atoms with Crippen LogP contribution in [0.2, 0.25) is 0 Å². The normalized spacial score (nSPS) is 19.5. The first-order valence-electron chi connectivity index (χ1n) is 18.4. The van der Waals surface area contributed by atoms with Gasteiger partial charge in [-0.1, -0.05) is 109 Å². The molecule has 2 atom stereocenters. The molecule has 2 nitrogen and oxygen atoms in total. The van der Waals surface area contributed by atoms with Crippen molar-refractivity contribution in [2.45, 2.75) is 44.4 Å². The highest BCUT2D eigenvalue weighted by molar-refractivity contribution is 6.10. The van der Waals surface area contributed by atoms with E-state index in [1.807, 2.05) is 0 Å². The molecule has 0 spiro atoms. The second kappa shape index (κ2) is 11.0. The van der Waals surface area contributed by atoms with E-state index in [2.05, 4.69) is 155 Å². The van der Waals surface area contributed by atoms with Gasteiger partial charge in [-0.2, -0.15) is 0 Å². The first-order valence-corrected chi connectivity index (χ1v) is 18.4. The Hall–Kier alpha value is -5.60. The summed E-state index contributed by atoms with van der Waals surface area (Å²) in [6, 6.07) is 36.8. The maximum Gasteiger partial charge on any atom is 0.0543 e. The van der Waals surface area contributed by atoms with E-state index < -0.39 is 0 Å². The molecule has 0 bridgehead atoms. The maximum atomic E-state index is 2.56. The van der Waals surface area contributed by atoms with Gasteiger partial charge >= 0.3 is 0 Å². The molecule has 4 aliphatic rings. The van der Waals surface area contributed by atoms with Gasteiger partial charge in [0, 0.05) is 43.7 Å². The number of hydrogen-bond donors (Lipinski definition) is 0. The minimum absolute atomic E-state index is 0.312. The molecule has 2 heteroatoms. The van der Waals surface area contributed by atoms with E-state index >= 15 is 0 Å². The summed E-state index contributed by atoms with van der Waals surface area (Å²) in [5.74, 6) is 0.933. The van der Waals surface area contributed by atoms with Crippen molar-refractivity contribution in [2.75, 3.05) is 0 Å². The molecule has 0 fully saturated rings. The van der Waals surface area contributed by atoms with Crippen molar-refractivity contribution in [2.24, 2.45) is 5.92 Å². The molecule has 240 valence electrons. The van der Waals surface area contributed by atoms with Gasteiger partial charge in [-0.05, 0) is 109 Å². The van der Waals surface area contributed by atoms with Crippen molar-refractivity contribution in [1.82, 2.24) is 9.13 Å². The Morgan fingerprint density at radius 1 is 0.620 bits per heavy atom. The van der Waals surface area contributed by atoms with Gasteiger partial charge in [-0.25, -0.2) is 0 Å². The Morgan fingerprint density at radius 2 is 1.38 bits per heavy atom. The lowest BCUT2D eigenvalue weighted by atomic mass is 9.82. The number of para-hydroxylation sites is 2. The fourth-order valence-corrected chi connectivity index (χ4v) is 9.56. The molecule has 2 unspecified atom stereocenters. The largest absolute Gasteiger partial charge is 0.313 e. The number of aryl methyl sites for hydroxylation is 1. The van der Waals surface area contributed by atoms with Crippen LogP contribution < -0.4 is 10.6 Å². The van der Waals surface area contributed by atoms with Crippen molar-refractivity contribution >= 4 is 67.4 Å². The van der Waals surface area contributed by atoms with Gasteiger partial charge in [0.15, 0.2) is 0 Å². The standard InChI is InChI=1S/C48H38N2/c1-2-12-32-27-36(24-21-31(32)11-1)49-44-19-9-7-17-40(44)42-28-33(22-25-46(42)49)34-23-26-47-43(29-34)41-18-8-10-20-45(41)50(47)48-30-35-13-3-4-14-37(35)38-15-5-6-16-39(38)48/h1,4-11,14-22,24-26,28-30,32,34H,2-3,12-13,23,27H2. The summed E-state index contributed by atoms with van der Waals surface area (Å²) in [6.07, 6.45) is 25.8. The van der Waals surface area contributed by atoms with Crippen LogP contribution in [0.1, 0.15) is 54.7 Å². The first kappa shape index (κ1) is 28.3. The zero-order valence-corrected chi connectivity index (χ0v) is 28.1. The smallest absolute Gasteiger partial charge is 0.0543 e. The molecular weight excluding hydrogens is 605 g/mol. The van der Waals surface area contributed by atoms with E-state index in [1.54, 1.807) is 0 Å². The summed E-state index contributed by atoms with van der Waals surface area (Å²) >= 11 is 0. The zero-order chi connectivity index (χ0) is 32.8. The second-order valence-electron chi connectivity index (χ2n) is 14.7. The van der Waals surface area contributed by atoms with E-state index in [0.29, 0.717) is 11.8 Å². The third kappa shape index (κ3) is 4.15. The fourth-order valence-electron chi connectivity index (χ4n) is 9.56. The number of nitrogens with zero attached hydrogens (tertiary/aromatic N) is 2. The average molecular weight is 643 g/mol. The van der Waals surface area contributed by atoms with E-state index in [9.17, 15) is 0 Å². The molecule has 0 aliphatic heterocycles. The number of fused-ring (bicyclic) bond motifs is 10. The molecule has 11 rings (SSSR count). The third-order valence-electron chi connectivity index (χ3n) is 11.9. The molecule has 2 aromatic heterocycles. The average Bonchev–Trinajstić information content (AvgIpc) is 3.69. The molecule has 0 saturated heterocycles. The van der Waals surface area contributed by atoms with Crippen LogP contribution in [0.4, 0.5) is 0 Å². The van der Waals surface area contributed by atoms with Gasteiger partial charge in [0.25, 0.3) is 0 Å². The monoisotopic (exact) mass is 642 g/mol. The van der Waals surface area contributed by atoms with Gasteiger partial charge in [0.1, 0.15) is 0 Å². The van der Waals surface area contributed by atoms with Crippen LogP contribution in [0, 0.1) is 5.92 Å². The molecule has 2 heterocycles. The summed E-state index contributed by atoms with van der Waals surface area (Å²) in [5.41, 5.74) is 12.3. The molecule has 0 N–H and O–H groups in total. The molecule has 50 heavy (non-hydrogen) atoms. The van der Waals surface area contributed by atoms with E-state index in [4.69, 9.17) is 0 Å². The van der Waals surface area contributed by atoms with Crippen molar-refractivity contribution < 1.29 is 0 Å². The van der Waals surface area contributed by atoms with Crippen molar-refractivity contribution in [1.29, 1.82) is 0 Å². The highest BCUT2D eigenvalue weighted by Gasteiger charge is 2.24. The predicted octanol–water partition coefficient (Wildman–Crippen LogP) is 10.7. The van der Waals surface area contributed by atoms with E-state index in [0.717, 1.165) is 25.7 Å². The van der Waals surface area contributed by atoms with E-state index in [-0.39, 0.29) is 0 Å². The van der Waals surface area contributed by atoms with Crippen LogP contribution >= 0.6 is 0 Å². The highest BCUT2D eigenvalue weighted by Crippen LogP contribution is 2.41. The molecule has 4 aliphatic carbocycles. The lowest BCUT2D eigenvalue weighted by molar-refractivity contribution is 0.565. The van der Waals surface area contributed by atoms with Crippen molar-refractivity contribution in [3.05, 3.63) is 160 Å². The lowest BCUT2D eigenvalue weighted by Crippen LogP contribution is -2.32. The molecule has 0 amide bonds.